The van der Waals surface area contributed by atoms with E-state index >= 15 is 0 Å². The molecule has 1 aliphatic carbocycles. The average Bonchev–Trinajstić information content (AvgIpc) is 3.16. The van der Waals surface area contributed by atoms with Crippen LogP contribution in [0.25, 0.3) is 10.9 Å². The summed E-state index contributed by atoms with van der Waals surface area (Å²) in [6.07, 6.45) is 0.529. The predicted octanol–water partition coefficient (Wildman–Crippen LogP) is 2.12. The van der Waals surface area contributed by atoms with Gasteiger partial charge in [0, 0.05) is 46.5 Å². The fraction of sp³-hybridized carbons (Fsp3) is 0.348. The Balaban J connectivity index is 1.68. The van der Waals surface area contributed by atoms with Gasteiger partial charge >= 0.3 is 0 Å². The van der Waals surface area contributed by atoms with Crippen molar-refractivity contribution >= 4 is 22.4 Å². The molecule has 0 saturated carbocycles. The molecule has 156 valence electrons. The van der Waals surface area contributed by atoms with Crippen molar-refractivity contribution in [2.24, 2.45) is 0 Å². The Kier molecular flexibility index (Phi) is 4.54. The summed E-state index contributed by atoms with van der Waals surface area (Å²) in [6, 6.07) is 11.0. The lowest BCUT2D eigenvalue weighted by Gasteiger charge is -2.41. The molecular formula is C23H24N2O5. The smallest absolute Gasteiger partial charge is 0.195 e. The van der Waals surface area contributed by atoms with Gasteiger partial charge in [-0.25, -0.2) is 0 Å². The van der Waals surface area contributed by atoms with Crippen LogP contribution in [0.3, 0.4) is 0 Å². The molecule has 2 aromatic carbocycles. The zero-order chi connectivity index (χ0) is 20.9. The summed E-state index contributed by atoms with van der Waals surface area (Å²) < 4.78 is 11.3. The zero-order valence-electron chi connectivity index (χ0n) is 16.5. The molecule has 5 N–H and O–H groups in total. The summed E-state index contributed by atoms with van der Waals surface area (Å²) >= 11 is 0. The van der Waals surface area contributed by atoms with Crippen LogP contribution < -0.4 is 10.5 Å². The minimum Gasteiger partial charge on any atom is -0.491 e. The molecule has 0 amide bonds. The second kappa shape index (κ2) is 7.12. The summed E-state index contributed by atoms with van der Waals surface area (Å²) in [6.45, 7) is 0.806. The molecule has 0 unspecified atom stereocenters. The second-order valence-corrected chi connectivity index (χ2v) is 8.06. The molecule has 0 bridgehead atoms. The maximum atomic E-state index is 13.5. The van der Waals surface area contributed by atoms with Gasteiger partial charge in [0.05, 0.1) is 12.2 Å². The molecule has 1 spiro atoms. The number of aliphatic hydroxyl groups is 2. The number of hydrogen-bond donors (Lipinski definition) is 4. The van der Waals surface area contributed by atoms with Crippen LogP contribution in [0.4, 0.5) is 5.69 Å². The molecule has 1 fully saturated rings. The van der Waals surface area contributed by atoms with E-state index in [4.69, 9.17) is 20.3 Å². The quantitative estimate of drug-likeness (QED) is 0.491. The lowest BCUT2D eigenvalue weighted by molar-refractivity contribution is 0.0529. The van der Waals surface area contributed by atoms with Crippen LogP contribution in [0.5, 0.6) is 5.75 Å². The van der Waals surface area contributed by atoms with E-state index in [1.807, 2.05) is 24.3 Å². The summed E-state index contributed by atoms with van der Waals surface area (Å²) in [7, 11) is 0. The van der Waals surface area contributed by atoms with E-state index in [1.165, 1.54) is 0 Å². The van der Waals surface area contributed by atoms with Crippen molar-refractivity contribution in [2.75, 3.05) is 32.2 Å². The van der Waals surface area contributed by atoms with Gasteiger partial charge in [0.15, 0.2) is 5.78 Å². The highest BCUT2D eigenvalue weighted by Gasteiger charge is 2.47. The first-order valence-electron chi connectivity index (χ1n) is 10.1. The first-order valence-corrected chi connectivity index (χ1v) is 10.1. The minimum atomic E-state index is -0.953. The molecule has 0 radical (unpaired) electrons. The van der Waals surface area contributed by atoms with E-state index in [0.29, 0.717) is 35.8 Å². The van der Waals surface area contributed by atoms with Gasteiger partial charge in [-0.2, -0.15) is 0 Å². The molecule has 7 nitrogen and oxygen atoms in total. The molecule has 7 heteroatoms. The van der Waals surface area contributed by atoms with Crippen molar-refractivity contribution in [1.29, 1.82) is 0 Å². The number of hydrogen-bond acceptors (Lipinski definition) is 6. The SMILES string of the molecule is Nc1ccc2c3c([nH]c2c1)C1(CCOCC1)c1cc(OC[C@H](O)CO)ccc1C3=O. The number of ketones is 1. The Labute approximate surface area is 173 Å². The molecule has 3 aromatic rings. The van der Waals surface area contributed by atoms with Gasteiger partial charge < -0.3 is 30.4 Å². The number of aliphatic hydroxyl groups excluding tert-OH is 2. The highest BCUT2D eigenvalue weighted by Crippen LogP contribution is 2.50. The Morgan fingerprint density at radius 3 is 2.77 bits per heavy atom. The third-order valence-electron chi connectivity index (χ3n) is 6.28. The Bertz CT molecular complexity index is 1130. The number of aromatic nitrogens is 1. The third kappa shape index (κ3) is 2.81. The van der Waals surface area contributed by atoms with Crippen molar-refractivity contribution in [3.05, 3.63) is 58.8 Å². The number of benzene rings is 2. The van der Waals surface area contributed by atoms with Crippen LogP contribution >= 0.6 is 0 Å². The number of rotatable bonds is 4. The average molecular weight is 408 g/mol. The fourth-order valence-electron chi connectivity index (χ4n) is 4.77. The molecule has 30 heavy (non-hydrogen) atoms. The fourth-order valence-corrected chi connectivity index (χ4v) is 4.77. The van der Waals surface area contributed by atoms with Crippen LogP contribution in [0.2, 0.25) is 0 Å². The topological polar surface area (TPSA) is 118 Å². The third-order valence-corrected chi connectivity index (χ3v) is 6.28. The lowest BCUT2D eigenvalue weighted by Crippen LogP contribution is -2.40. The van der Waals surface area contributed by atoms with E-state index in [1.54, 1.807) is 12.1 Å². The first-order chi connectivity index (χ1) is 14.5. The molecule has 1 aromatic heterocycles. The monoisotopic (exact) mass is 408 g/mol. The number of ether oxygens (including phenoxy) is 2. The van der Waals surface area contributed by atoms with Gasteiger partial charge in [-0.3, -0.25) is 4.79 Å². The van der Waals surface area contributed by atoms with E-state index in [9.17, 15) is 9.90 Å². The number of anilines is 1. The first kappa shape index (κ1) is 19.1. The van der Waals surface area contributed by atoms with Crippen LogP contribution in [0.1, 0.15) is 40.0 Å². The van der Waals surface area contributed by atoms with Crippen molar-refractivity contribution in [2.45, 2.75) is 24.4 Å². The Morgan fingerprint density at radius 1 is 1.20 bits per heavy atom. The number of nitrogens with one attached hydrogen (secondary N) is 1. The molecule has 5 rings (SSSR count). The number of fused-ring (bicyclic) bond motifs is 6. The maximum absolute atomic E-state index is 13.5. The molecule has 1 atom stereocenters. The number of nitrogens with two attached hydrogens (primary N) is 1. The summed E-state index contributed by atoms with van der Waals surface area (Å²) in [5, 5.41) is 19.5. The lowest BCUT2D eigenvalue weighted by atomic mass is 9.64. The number of carbonyl (C=O) groups excluding carboxylic acids is 1. The van der Waals surface area contributed by atoms with Crippen molar-refractivity contribution in [3.63, 3.8) is 0 Å². The van der Waals surface area contributed by atoms with Crippen molar-refractivity contribution in [1.82, 2.24) is 4.98 Å². The van der Waals surface area contributed by atoms with Gasteiger partial charge in [0.2, 0.25) is 0 Å². The molecular weight excluding hydrogens is 384 g/mol. The van der Waals surface area contributed by atoms with Crippen LogP contribution in [-0.2, 0) is 10.2 Å². The van der Waals surface area contributed by atoms with Crippen LogP contribution in [0.15, 0.2) is 36.4 Å². The number of H-pyrrole nitrogens is 1. The zero-order valence-corrected chi connectivity index (χ0v) is 16.5. The van der Waals surface area contributed by atoms with E-state index in [2.05, 4.69) is 4.98 Å². The standard InChI is InChI=1S/C23H24N2O5/c24-13-1-3-17-19(9-13)25-22-20(17)21(28)16-4-2-15(30-12-14(27)11-26)10-18(16)23(22)5-7-29-8-6-23/h1-4,9-10,14,25-27H,5-8,11-12,24H2/t14-/m1/s1. The Morgan fingerprint density at radius 2 is 2.00 bits per heavy atom. The largest absolute Gasteiger partial charge is 0.491 e. The van der Waals surface area contributed by atoms with Crippen molar-refractivity contribution < 1.29 is 24.5 Å². The van der Waals surface area contributed by atoms with Crippen LogP contribution in [0, 0.1) is 0 Å². The van der Waals surface area contributed by atoms with Crippen molar-refractivity contribution in [3.8, 4) is 5.75 Å². The minimum absolute atomic E-state index is 0.0176. The molecule has 2 heterocycles. The molecule has 2 aliphatic rings. The second-order valence-electron chi connectivity index (χ2n) is 8.06. The summed E-state index contributed by atoms with van der Waals surface area (Å²) in [4.78, 5) is 17.0. The highest BCUT2D eigenvalue weighted by atomic mass is 16.5. The summed E-state index contributed by atoms with van der Waals surface area (Å²) in [5.41, 5.74) is 10.3. The molecule has 1 aliphatic heterocycles. The Hall–Kier alpha value is -2.87. The van der Waals surface area contributed by atoms with Gasteiger partial charge in [-0.15, -0.1) is 0 Å². The van der Waals surface area contributed by atoms with Crippen LogP contribution in [-0.4, -0.2) is 53.5 Å². The predicted molar refractivity (Wildman–Crippen MR) is 112 cm³/mol. The normalized spacial score (nSPS) is 18.3. The maximum Gasteiger partial charge on any atom is 0.195 e. The van der Waals surface area contributed by atoms with E-state index < -0.39 is 6.10 Å². The van der Waals surface area contributed by atoms with E-state index in [-0.39, 0.29) is 24.4 Å². The van der Waals surface area contributed by atoms with Gasteiger partial charge in [-0.05, 0) is 48.7 Å². The highest BCUT2D eigenvalue weighted by molar-refractivity contribution is 6.20. The van der Waals surface area contributed by atoms with Gasteiger partial charge in [-0.1, -0.05) is 6.07 Å². The van der Waals surface area contributed by atoms with E-state index in [0.717, 1.165) is 35.0 Å². The van der Waals surface area contributed by atoms with Gasteiger partial charge in [0.25, 0.3) is 0 Å². The number of aromatic amines is 1. The number of carbonyl (C=O) groups is 1. The summed E-state index contributed by atoms with van der Waals surface area (Å²) in [5.74, 6) is 0.541. The number of nitrogen functional groups attached to an aromatic ring is 1. The molecule has 1 saturated heterocycles. The van der Waals surface area contributed by atoms with Gasteiger partial charge in [0.1, 0.15) is 18.5 Å².